The van der Waals surface area contributed by atoms with Crippen molar-refractivity contribution in [2.45, 2.75) is 5.92 Å². The largest absolute Gasteiger partial charge is 0.369 e. The van der Waals surface area contributed by atoms with E-state index in [1.807, 2.05) is 12.3 Å². The Morgan fingerprint density at radius 2 is 2.46 bits per heavy atom. The lowest BCUT2D eigenvalue weighted by Crippen LogP contribution is -2.21. The van der Waals surface area contributed by atoms with Crippen LogP contribution in [0.15, 0.2) is 18.3 Å². The molecule has 1 aliphatic rings. The second-order valence-corrected chi connectivity index (χ2v) is 3.78. The number of nitrogens with zero attached hydrogens (tertiary/aromatic N) is 2. The Labute approximate surface area is 78.8 Å². The van der Waals surface area contributed by atoms with Gasteiger partial charge in [-0.15, -0.1) is 0 Å². The highest BCUT2D eigenvalue weighted by molar-refractivity contribution is 5.51. The van der Waals surface area contributed by atoms with Crippen molar-refractivity contribution >= 4 is 5.82 Å². The molecule has 1 aromatic rings. The van der Waals surface area contributed by atoms with E-state index in [1.54, 1.807) is 0 Å². The second-order valence-electron chi connectivity index (χ2n) is 3.78. The monoisotopic (exact) mass is 177 g/mol. The molecule has 13 heavy (non-hydrogen) atoms. The first kappa shape index (κ1) is 8.51. The van der Waals surface area contributed by atoms with Gasteiger partial charge in [0, 0.05) is 30.8 Å². The van der Waals surface area contributed by atoms with Crippen LogP contribution < -0.4 is 5.32 Å². The number of pyridine rings is 1. The normalized spacial score (nSPS) is 20.1. The predicted molar refractivity (Wildman–Crippen MR) is 54.0 cm³/mol. The average Bonchev–Trinajstić information content (AvgIpc) is 2.48. The summed E-state index contributed by atoms with van der Waals surface area (Å²) in [7, 11) is 4.21. The molecule has 0 fully saturated rings. The maximum absolute atomic E-state index is 4.29. The van der Waals surface area contributed by atoms with E-state index in [9.17, 15) is 0 Å². The Bertz CT molecular complexity index is 296. The zero-order valence-corrected chi connectivity index (χ0v) is 8.12. The van der Waals surface area contributed by atoms with E-state index in [0.29, 0.717) is 5.92 Å². The second kappa shape index (κ2) is 3.34. The van der Waals surface area contributed by atoms with Crippen molar-refractivity contribution in [3.8, 4) is 0 Å². The summed E-state index contributed by atoms with van der Waals surface area (Å²) in [5.41, 5.74) is 1.36. The molecular weight excluding hydrogens is 162 g/mol. The van der Waals surface area contributed by atoms with Crippen LogP contribution in [0.2, 0.25) is 0 Å². The molecule has 1 aliphatic heterocycles. The van der Waals surface area contributed by atoms with Gasteiger partial charge in [-0.2, -0.15) is 0 Å². The van der Waals surface area contributed by atoms with Crippen molar-refractivity contribution in [3.63, 3.8) is 0 Å². The third-order valence-corrected chi connectivity index (χ3v) is 2.38. The molecule has 1 N–H and O–H groups in total. The topological polar surface area (TPSA) is 28.2 Å². The van der Waals surface area contributed by atoms with Crippen molar-refractivity contribution in [1.82, 2.24) is 9.88 Å². The number of aromatic nitrogens is 1. The molecule has 1 unspecified atom stereocenters. The Balaban J connectivity index is 2.18. The fourth-order valence-corrected chi connectivity index (χ4v) is 1.83. The molecule has 0 saturated carbocycles. The van der Waals surface area contributed by atoms with Crippen LogP contribution in [0.3, 0.4) is 0 Å². The van der Waals surface area contributed by atoms with Crippen molar-refractivity contribution in [2.75, 3.05) is 32.5 Å². The van der Waals surface area contributed by atoms with Gasteiger partial charge >= 0.3 is 0 Å². The molecule has 2 heterocycles. The maximum Gasteiger partial charge on any atom is 0.129 e. The van der Waals surface area contributed by atoms with E-state index in [2.05, 4.69) is 35.4 Å². The van der Waals surface area contributed by atoms with E-state index < -0.39 is 0 Å². The highest BCUT2D eigenvalue weighted by atomic mass is 15.1. The van der Waals surface area contributed by atoms with E-state index in [4.69, 9.17) is 0 Å². The van der Waals surface area contributed by atoms with E-state index >= 15 is 0 Å². The summed E-state index contributed by atoms with van der Waals surface area (Å²) < 4.78 is 0. The van der Waals surface area contributed by atoms with Crippen molar-refractivity contribution < 1.29 is 0 Å². The Kier molecular flexibility index (Phi) is 2.19. The first-order chi connectivity index (χ1) is 6.27. The van der Waals surface area contributed by atoms with Gasteiger partial charge in [-0.3, -0.25) is 0 Å². The van der Waals surface area contributed by atoms with Crippen LogP contribution in [0.5, 0.6) is 0 Å². The van der Waals surface area contributed by atoms with Gasteiger partial charge in [0.1, 0.15) is 5.82 Å². The molecule has 70 valence electrons. The number of nitrogens with one attached hydrogen (secondary N) is 1. The molecule has 0 saturated heterocycles. The highest BCUT2D eigenvalue weighted by Crippen LogP contribution is 2.28. The Hall–Kier alpha value is -1.09. The summed E-state index contributed by atoms with van der Waals surface area (Å²) in [6, 6.07) is 4.17. The van der Waals surface area contributed by atoms with Crippen molar-refractivity contribution in [2.24, 2.45) is 0 Å². The summed E-state index contributed by atoms with van der Waals surface area (Å²) in [5.74, 6) is 1.66. The van der Waals surface area contributed by atoms with Gasteiger partial charge in [-0.25, -0.2) is 4.98 Å². The summed E-state index contributed by atoms with van der Waals surface area (Å²) in [6.45, 7) is 2.11. The fraction of sp³-hybridized carbons (Fsp3) is 0.500. The summed E-state index contributed by atoms with van der Waals surface area (Å²) in [5, 5.41) is 3.32. The Morgan fingerprint density at radius 1 is 1.62 bits per heavy atom. The van der Waals surface area contributed by atoms with Gasteiger partial charge in [0.2, 0.25) is 0 Å². The molecular formula is C10H15N3. The quantitative estimate of drug-likeness (QED) is 0.734. The van der Waals surface area contributed by atoms with Gasteiger partial charge in [-0.05, 0) is 20.2 Å². The average molecular weight is 177 g/mol. The molecule has 3 heteroatoms. The first-order valence-corrected chi connectivity index (χ1v) is 4.61. The summed E-state index contributed by atoms with van der Waals surface area (Å²) in [4.78, 5) is 6.50. The third-order valence-electron chi connectivity index (χ3n) is 2.38. The standard InChI is InChI=1S/C10H15N3/c1-13(2)7-8-6-12-10-9(8)4-3-5-11-10/h3-5,8H,6-7H2,1-2H3,(H,11,12). The van der Waals surface area contributed by atoms with Crippen molar-refractivity contribution in [1.29, 1.82) is 0 Å². The molecule has 1 atom stereocenters. The summed E-state index contributed by atoms with van der Waals surface area (Å²) >= 11 is 0. The van der Waals surface area contributed by atoms with Gasteiger partial charge < -0.3 is 10.2 Å². The van der Waals surface area contributed by atoms with Crippen LogP contribution in [0.25, 0.3) is 0 Å². The summed E-state index contributed by atoms with van der Waals surface area (Å²) in [6.07, 6.45) is 1.84. The smallest absolute Gasteiger partial charge is 0.129 e. The lowest BCUT2D eigenvalue weighted by atomic mass is 10.0. The minimum Gasteiger partial charge on any atom is -0.369 e. The van der Waals surface area contributed by atoms with Gasteiger partial charge in [0.15, 0.2) is 0 Å². The number of hydrogen-bond donors (Lipinski definition) is 1. The minimum absolute atomic E-state index is 0.596. The number of fused-ring (bicyclic) bond motifs is 1. The van der Waals surface area contributed by atoms with E-state index in [-0.39, 0.29) is 0 Å². The van der Waals surface area contributed by atoms with E-state index in [0.717, 1.165) is 18.9 Å². The van der Waals surface area contributed by atoms with Gasteiger partial charge in [0.05, 0.1) is 0 Å². The number of rotatable bonds is 2. The van der Waals surface area contributed by atoms with Crippen LogP contribution in [0, 0.1) is 0 Å². The highest BCUT2D eigenvalue weighted by Gasteiger charge is 2.22. The lowest BCUT2D eigenvalue weighted by molar-refractivity contribution is 0.383. The SMILES string of the molecule is CN(C)CC1CNc2ncccc21. The van der Waals surface area contributed by atoms with Crippen LogP contribution in [0.1, 0.15) is 11.5 Å². The Morgan fingerprint density at radius 3 is 3.23 bits per heavy atom. The molecule has 0 spiro atoms. The van der Waals surface area contributed by atoms with Crippen molar-refractivity contribution in [3.05, 3.63) is 23.9 Å². The lowest BCUT2D eigenvalue weighted by Gasteiger charge is -2.15. The van der Waals surface area contributed by atoms with E-state index in [1.165, 1.54) is 5.56 Å². The maximum atomic E-state index is 4.29. The molecule has 3 nitrogen and oxygen atoms in total. The minimum atomic E-state index is 0.596. The number of hydrogen-bond acceptors (Lipinski definition) is 3. The third kappa shape index (κ3) is 1.65. The van der Waals surface area contributed by atoms with Crippen LogP contribution >= 0.6 is 0 Å². The predicted octanol–water partition coefficient (Wildman–Crippen LogP) is 1.15. The number of anilines is 1. The zero-order chi connectivity index (χ0) is 9.26. The number of likely N-dealkylation sites (N-methyl/N-ethyl adjacent to an activating group) is 1. The van der Waals surface area contributed by atoms with Crippen LogP contribution in [-0.4, -0.2) is 37.1 Å². The van der Waals surface area contributed by atoms with Gasteiger partial charge in [0.25, 0.3) is 0 Å². The molecule has 0 aliphatic carbocycles. The molecule has 0 amide bonds. The molecule has 0 aromatic carbocycles. The molecule has 0 radical (unpaired) electrons. The molecule has 2 rings (SSSR count). The fourth-order valence-electron chi connectivity index (χ4n) is 1.83. The van der Waals surface area contributed by atoms with Crippen LogP contribution in [0.4, 0.5) is 5.82 Å². The first-order valence-electron chi connectivity index (χ1n) is 4.61. The molecule has 1 aromatic heterocycles. The van der Waals surface area contributed by atoms with Gasteiger partial charge in [-0.1, -0.05) is 6.07 Å². The zero-order valence-electron chi connectivity index (χ0n) is 8.12. The molecule has 0 bridgehead atoms. The van der Waals surface area contributed by atoms with Crippen LogP contribution in [-0.2, 0) is 0 Å².